The second kappa shape index (κ2) is 6.13. The molecule has 0 aliphatic carbocycles. The normalized spacial score (nSPS) is 9.87. The molecule has 1 aromatic heterocycles. The predicted molar refractivity (Wildman–Crippen MR) is 59.5 cm³/mol. The van der Waals surface area contributed by atoms with E-state index >= 15 is 0 Å². The average molecular weight is 228 g/mol. The van der Waals surface area contributed by atoms with Crippen LogP contribution in [0.25, 0.3) is 0 Å². The molecule has 0 aromatic carbocycles. The highest BCUT2D eigenvalue weighted by molar-refractivity contribution is 7.99. The number of aromatic carboxylic acids is 1. The Morgan fingerprint density at radius 3 is 3.20 bits per heavy atom. The number of aromatic nitrogens is 1. The van der Waals surface area contributed by atoms with Crippen molar-refractivity contribution in [3.05, 3.63) is 24.6 Å². The van der Waals surface area contributed by atoms with Gasteiger partial charge in [-0.3, -0.25) is 0 Å². The van der Waals surface area contributed by atoms with Crippen LogP contribution in [0.1, 0.15) is 10.5 Å². The highest BCUT2D eigenvalue weighted by atomic mass is 32.2. The summed E-state index contributed by atoms with van der Waals surface area (Å²) in [6, 6.07) is 0.242. The summed E-state index contributed by atoms with van der Waals surface area (Å²) < 4.78 is 4.90. The Morgan fingerprint density at radius 2 is 2.60 bits per heavy atom. The fraction of sp³-hybridized carbons (Fsp3) is 0.333. The monoisotopic (exact) mass is 228 g/mol. The maximum atomic E-state index is 10.5. The summed E-state index contributed by atoms with van der Waals surface area (Å²) in [7, 11) is 0. The molecule has 0 aliphatic heterocycles. The second-order valence-electron chi connectivity index (χ2n) is 2.63. The van der Waals surface area contributed by atoms with Crippen molar-refractivity contribution in [2.45, 2.75) is 0 Å². The van der Waals surface area contributed by atoms with E-state index in [0.717, 1.165) is 17.8 Å². The molecule has 0 bridgehead atoms. The van der Waals surface area contributed by atoms with Gasteiger partial charge in [-0.25, -0.2) is 4.79 Å². The maximum absolute atomic E-state index is 10.5. The molecule has 15 heavy (non-hydrogen) atoms. The number of anilines is 1. The lowest BCUT2D eigenvalue weighted by atomic mass is 10.5. The number of rotatable bonds is 7. The Hall–Kier alpha value is -1.43. The van der Waals surface area contributed by atoms with Crippen molar-refractivity contribution in [2.24, 2.45) is 0 Å². The molecule has 6 heteroatoms. The van der Waals surface area contributed by atoms with Gasteiger partial charge in [-0.15, -0.1) is 6.58 Å². The van der Waals surface area contributed by atoms with E-state index in [1.165, 1.54) is 0 Å². The Morgan fingerprint density at radius 1 is 1.80 bits per heavy atom. The molecule has 1 rings (SSSR count). The molecule has 0 amide bonds. The number of carboxylic acids is 1. The van der Waals surface area contributed by atoms with Crippen molar-refractivity contribution in [3.8, 4) is 0 Å². The smallest absolute Gasteiger partial charge is 0.357 e. The highest BCUT2D eigenvalue weighted by Gasteiger charge is 2.09. The zero-order chi connectivity index (χ0) is 11.1. The number of carbonyl (C=O) groups is 1. The Balaban J connectivity index is 2.25. The summed E-state index contributed by atoms with van der Waals surface area (Å²) in [6.07, 6.45) is 2.94. The molecule has 0 saturated carbocycles. The fourth-order valence-electron chi connectivity index (χ4n) is 0.850. The average Bonchev–Trinajstić information content (AvgIpc) is 2.66. The van der Waals surface area contributed by atoms with Crippen molar-refractivity contribution in [3.63, 3.8) is 0 Å². The Bertz CT molecular complexity index is 338. The summed E-state index contributed by atoms with van der Waals surface area (Å²) in [5.74, 6) is 0.692. The SMILES string of the molecule is C=CCSCCNc1nc(C(=O)O)co1. The molecule has 0 aliphatic rings. The molecule has 0 saturated heterocycles. The summed E-state index contributed by atoms with van der Waals surface area (Å²) in [5, 5.41) is 11.5. The van der Waals surface area contributed by atoms with E-state index in [1.807, 2.05) is 6.08 Å². The third-order valence-corrected chi connectivity index (χ3v) is 2.45. The summed E-state index contributed by atoms with van der Waals surface area (Å²) in [5.41, 5.74) is -0.0868. The predicted octanol–water partition coefficient (Wildman–Crippen LogP) is 1.70. The van der Waals surface area contributed by atoms with E-state index in [9.17, 15) is 4.79 Å². The van der Waals surface area contributed by atoms with Gasteiger partial charge in [0.15, 0.2) is 5.69 Å². The van der Waals surface area contributed by atoms with E-state index in [2.05, 4.69) is 16.9 Å². The molecule has 5 nitrogen and oxygen atoms in total. The first-order chi connectivity index (χ1) is 7.24. The number of nitrogens with zero attached hydrogens (tertiary/aromatic N) is 1. The number of carboxylic acid groups (broad SMARTS) is 1. The first kappa shape index (κ1) is 11.6. The van der Waals surface area contributed by atoms with Crippen LogP contribution in [-0.4, -0.2) is 34.1 Å². The number of nitrogens with one attached hydrogen (secondary N) is 1. The fourth-order valence-corrected chi connectivity index (χ4v) is 1.43. The Kier molecular flexibility index (Phi) is 4.76. The molecule has 0 spiro atoms. The zero-order valence-corrected chi connectivity index (χ0v) is 8.92. The van der Waals surface area contributed by atoms with Gasteiger partial charge in [0, 0.05) is 18.1 Å². The minimum absolute atomic E-state index is 0.0868. The van der Waals surface area contributed by atoms with Gasteiger partial charge in [0.2, 0.25) is 0 Å². The lowest BCUT2D eigenvalue weighted by Gasteiger charge is -1.99. The van der Waals surface area contributed by atoms with Crippen LogP contribution in [0.5, 0.6) is 0 Å². The first-order valence-corrected chi connectivity index (χ1v) is 5.51. The molecule has 1 aromatic rings. The summed E-state index contributed by atoms with van der Waals surface area (Å²) in [4.78, 5) is 14.2. The topological polar surface area (TPSA) is 75.4 Å². The molecular weight excluding hydrogens is 216 g/mol. The van der Waals surface area contributed by atoms with Crippen LogP contribution in [0.2, 0.25) is 0 Å². The quantitative estimate of drug-likeness (QED) is 0.546. The second-order valence-corrected chi connectivity index (χ2v) is 3.78. The molecule has 0 radical (unpaired) electrons. The van der Waals surface area contributed by atoms with Crippen molar-refractivity contribution in [2.75, 3.05) is 23.4 Å². The molecule has 82 valence electrons. The van der Waals surface area contributed by atoms with Crippen molar-refractivity contribution in [1.82, 2.24) is 4.98 Å². The highest BCUT2D eigenvalue weighted by Crippen LogP contribution is 2.07. The number of oxazole rings is 1. The van der Waals surface area contributed by atoms with E-state index in [4.69, 9.17) is 9.52 Å². The van der Waals surface area contributed by atoms with E-state index < -0.39 is 5.97 Å². The van der Waals surface area contributed by atoms with Crippen LogP contribution < -0.4 is 5.32 Å². The van der Waals surface area contributed by atoms with Crippen LogP contribution in [0, 0.1) is 0 Å². The van der Waals surface area contributed by atoms with Crippen molar-refractivity contribution < 1.29 is 14.3 Å². The van der Waals surface area contributed by atoms with Gasteiger partial charge in [-0.1, -0.05) is 6.08 Å². The van der Waals surface area contributed by atoms with Crippen molar-refractivity contribution >= 4 is 23.7 Å². The molecule has 0 unspecified atom stereocenters. The van der Waals surface area contributed by atoms with E-state index in [0.29, 0.717) is 6.54 Å². The van der Waals surface area contributed by atoms with Crippen LogP contribution in [0.3, 0.4) is 0 Å². The van der Waals surface area contributed by atoms with Gasteiger partial charge >= 0.3 is 5.97 Å². The van der Waals surface area contributed by atoms with E-state index in [1.54, 1.807) is 11.8 Å². The maximum Gasteiger partial charge on any atom is 0.357 e. The van der Waals surface area contributed by atoms with Gasteiger partial charge < -0.3 is 14.8 Å². The zero-order valence-electron chi connectivity index (χ0n) is 8.10. The summed E-state index contributed by atoms with van der Waals surface area (Å²) >= 11 is 1.72. The van der Waals surface area contributed by atoms with Gasteiger partial charge in [0.05, 0.1) is 0 Å². The molecule has 0 atom stereocenters. The number of hydrogen-bond donors (Lipinski definition) is 2. The standard InChI is InChI=1S/C9H12N2O3S/c1-2-4-15-5-3-10-9-11-7(6-14-9)8(12)13/h2,6H,1,3-5H2,(H,10,11)(H,12,13). The lowest BCUT2D eigenvalue weighted by molar-refractivity contribution is 0.0690. The van der Waals surface area contributed by atoms with E-state index in [-0.39, 0.29) is 11.7 Å². The van der Waals surface area contributed by atoms with Crippen LogP contribution >= 0.6 is 11.8 Å². The Labute approximate surface area is 91.6 Å². The largest absolute Gasteiger partial charge is 0.476 e. The van der Waals surface area contributed by atoms with Crippen LogP contribution in [0.15, 0.2) is 23.3 Å². The number of hydrogen-bond acceptors (Lipinski definition) is 5. The van der Waals surface area contributed by atoms with Gasteiger partial charge in [0.25, 0.3) is 6.01 Å². The van der Waals surface area contributed by atoms with Gasteiger partial charge in [0.1, 0.15) is 6.26 Å². The minimum atomic E-state index is -1.09. The minimum Gasteiger partial charge on any atom is -0.476 e. The first-order valence-electron chi connectivity index (χ1n) is 4.35. The van der Waals surface area contributed by atoms with Crippen LogP contribution in [-0.2, 0) is 0 Å². The van der Waals surface area contributed by atoms with Gasteiger partial charge in [-0.05, 0) is 0 Å². The molecule has 2 N–H and O–H groups in total. The lowest BCUT2D eigenvalue weighted by Crippen LogP contribution is -2.05. The molecule has 0 fully saturated rings. The summed E-state index contributed by atoms with van der Waals surface area (Å²) in [6.45, 7) is 4.28. The van der Waals surface area contributed by atoms with Crippen molar-refractivity contribution in [1.29, 1.82) is 0 Å². The molecule has 1 heterocycles. The number of thioether (sulfide) groups is 1. The van der Waals surface area contributed by atoms with Gasteiger partial charge in [-0.2, -0.15) is 16.7 Å². The molecular formula is C9H12N2O3S. The third kappa shape index (κ3) is 4.07. The van der Waals surface area contributed by atoms with Crippen LogP contribution in [0.4, 0.5) is 6.01 Å². The third-order valence-electron chi connectivity index (χ3n) is 1.48.